The van der Waals surface area contributed by atoms with Crippen molar-refractivity contribution >= 4 is 27.5 Å². The molecule has 0 aliphatic rings. The van der Waals surface area contributed by atoms with E-state index in [4.69, 9.17) is 16.3 Å². The molecule has 0 aliphatic heterocycles. The Morgan fingerprint density at radius 1 is 1.11 bits per heavy atom. The summed E-state index contributed by atoms with van der Waals surface area (Å²) in [6.07, 6.45) is 0. The summed E-state index contributed by atoms with van der Waals surface area (Å²) in [5.41, 5.74) is 3.45. The number of hydrogen-bond donors (Lipinski definition) is 0. The van der Waals surface area contributed by atoms with Gasteiger partial charge in [0, 0.05) is 5.02 Å². The van der Waals surface area contributed by atoms with Crippen molar-refractivity contribution in [3.63, 3.8) is 0 Å². The second kappa shape index (κ2) is 5.77. The smallest absolute Gasteiger partial charge is 0.119 e. The second-order valence-corrected chi connectivity index (χ2v) is 5.43. The lowest BCUT2D eigenvalue weighted by Gasteiger charge is -2.15. The maximum Gasteiger partial charge on any atom is 0.119 e. The van der Waals surface area contributed by atoms with Gasteiger partial charge >= 0.3 is 0 Å². The summed E-state index contributed by atoms with van der Waals surface area (Å²) in [6, 6.07) is 13.9. The van der Waals surface area contributed by atoms with Gasteiger partial charge in [-0.3, -0.25) is 0 Å². The van der Waals surface area contributed by atoms with Crippen molar-refractivity contribution in [1.82, 2.24) is 0 Å². The summed E-state index contributed by atoms with van der Waals surface area (Å²) in [7, 11) is 1.67. The molecule has 0 saturated carbocycles. The standard InChI is InChI=1S/C15H14BrClO/c1-10-9-11(18-2)7-8-12(10)15(16)13-5-3-4-6-14(13)17/h3-9,15H,1-2H3. The molecule has 1 atom stereocenters. The normalized spacial score (nSPS) is 12.2. The molecule has 2 rings (SSSR count). The van der Waals surface area contributed by atoms with Crippen LogP contribution in [0, 0.1) is 6.92 Å². The van der Waals surface area contributed by atoms with E-state index in [9.17, 15) is 0 Å². The van der Waals surface area contributed by atoms with Gasteiger partial charge in [0.05, 0.1) is 11.9 Å². The third-order valence-corrected chi connectivity index (χ3v) is 4.26. The molecule has 0 amide bonds. The minimum Gasteiger partial charge on any atom is -0.497 e. The van der Waals surface area contributed by atoms with E-state index >= 15 is 0 Å². The molecule has 0 aromatic heterocycles. The first-order chi connectivity index (χ1) is 8.63. The molecule has 0 saturated heterocycles. The van der Waals surface area contributed by atoms with Gasteiger partial charge in [-0.05, 0) is 41.8 Å². The molecular formula is C15H14BrClO. The fourth-order valence-corrected chi connectivity index (χ4v) is 3.20. The van der Waals surface area contributed by atoms with Crippen molar-refractivity contribution in [2.75, 3.05) is 7.11 Å². The first kappa shape index (κ1) is 13.4. The van der Waals surface area contributed by atoms with Gasteiger partial charge in [-0.2, -0.15) is 0 Å². The number of methoxy groups -OCH3 is 1. The molecule has 2 aromatic carbocycles. The Balaban J connectivity index is 2.40. The van der Waals surface area contributed by atoms with Gasteiger partial charge in [-0.15, -0.1) is 0 Å². The van der Waals surface area contributed by atoms with E-state index in [1.807, 2.05) is 36.4 Å². The van der Waals surface area contributed by atoms with Crippen LogP contribution in [0.3, 0.4) is 0 Å². The summed E-state index contributed by atoms with van der Waals surface area (Å²) in [5.74, 6) is 0.870. The van der Waals surface area contributed by atoms with Crippen molar-refractivity contribution in [1.29, 1.82) is 0 Å². The Hall–Kier alpha value is -0.990. The molecular weight excluding hydrogens is 312 g/mol. The third-order valence-electron chi connectivity index (χ3n) is 2.93. The highest BCUT2D eigenvalue weighted by Gasteiger charge is 2.15. The van der Waals surface area contributed by atoms with E-state index in [2.05, 4.69) is 28.9 Å². The fourth-order valence-electron chi connectivity index (χ4n) is 1.91. The average molecular weight is 326 g/mol. The lowest BCUT2D eigenvalue weighted by atomic mass is 10.00. The highest BCUT2D eigenvalue weighted by molar-refractivity contribution is 9.09. The summed E-state index contributed by atoms with van der Waals surface area (Å²) in [4.78, 5) is 0.0945. The zero-order valence-corrected chi connectivity index (χ0v) is 12.6. The Kier molecular flexibility index (Phi) is 4.31. The maximum absolute atomic E-state index is 6.23. The number of ether oxygens (including phenoxy) is 1. The lowest BCUT2D eigenvalue weighted by Crippen LogP contribution is -1.97. The average Bonchev–Trinajstić information content (AvgIpc) is 2.38. The van der Waals surface area contributed by atoms with Crippen molar-refractivity contribution in [3.8, 4) is 5.75 Å². The van der Waals surface area contributed by atoms with Crippen molar-refractivity contribution in [2.24, 2.45) is 0 Å². The Morgan fingerprint density at radius 2 is 1.83 bits per heavy atom. The number of hydrogen-bond acceptors (Lipinski definition) is 1. The monoisotopic (exact) mass is 324 g/mol. The van der Waals surface area contributed by atoms with Gasteiger partial charge in [0.15, 0.2) is 0 Å². The predicted molar refractivity (Wildman–Crippen MR) is 80.0 cm³/mol. The van der Waals surface area contributed by atoms with Crippen LogP contribution in [0.5, 0.6) is 5.75 Å². The topological polar surface area (TPSA) is 9.23 Å². The van der Waals surface area contributed by atoms with Crippen LogP contribution in [0.15, 0.2) is 42.5 Å². The first-order valence-electron chi connectivity index (χ1n) is 5.66. The molecule has 0 spiro atoms. The minimum atomic E-state index is 0.0945. The zero-order valence-electron chi connectivity index (χ0n) is 10.3. The van der Waals surface area contributed by atoms with Gasteiger partial charge in [0.1, 0.15) is 5.75 Å². The predicted octanol–water partition coefficient (Wildman–Crippen LogP) is 5.14. The second-order valence-electron chi connectivity index (χ2n) is 4.11. The number of aryl methyl sites for hydroxylation is 1. The van der Waals surface area contributed by atoms with Crippen LogP contribution in [-0.4, -0.2) is 7.11 Å². The maximum atomic E-state index is 6.23. The molecule has 0 radical (unpaired) electrons. The number of rotatable bonds is 3. The molecule has 0 fully saturated rings. The summed E-state index contributed by atoms with van der Waals surface area (Å²) >= 11 is 9.94. The Morgan fingerprint density at radius 3 is 2.44 bits per heavy atom. The van der Waals surface area contributed by atoms with E-state index in [0.29, 0.717) is 0 Å². The lowest BCUT2D eigenvalue weighted by molar-refractivity contribution is 0.414. The van der Waals surface area contributed by atoms with Crippen LogP contribution < -0.4 is 4.74 Å². The molecule has 94 valence electrons. The molecule has 2 aromatic rings. The van der Waals surface area contributed by atoms with E-state index < -0.39 is 0 Å². The van der Waals surface area contributed by atoms with Crippen LogP contribution in [0.4, 0.5) is 0 Å². The minimum absolute atomic E-state index is 0.0945. The van der Waals surface area contributed by atoms with Gasteiger partial charge in [-0.1, -0.05) is 51.8 Å². The third kappa shape index (κ3) is 2.70. The first-order valence-corrected chi connectivity index (χ1v) is 6.96. The molecule has 1 unspecified atom stereocenters. The van der Waals surface area contributed by atoms with E-state index in [0.717, 1.165) is 16.3 Å². The number of benzene rings is 2. The molecule has 0 bridgehead atoms. The van der Waals surface area contributed by atoms with E-state index in [-0.39, 0.29) is 4.83 Å². The molecule has 3 heteroatoms. The molecule has 0 aliphatic carbocycles. The fraction of sp³-hybridized carbons (Fsp3) is 0.200. The van der Waals surface area contributed by atoms with Crippen LogP contribution in [0.2, 0.25) is 5.02 Å². The highest BCUT2D eigenvalue weighted by atomic mass is 79.9. The number of halogens is 2. The van der Waals surface area contributed by atoms with Crippen molar-refractivity contribution < 1.29 is 4.74 Å². The molecule has 0 heterocycles. The van der Waals surface area contributed by atoms with E-state index in [1.54, 1.807) is 7.11 Å². The SMILES string of the molecule is COc1ccc(C(Br)c2ccccc2Cl)c(C)c1. The van der Waals surface area contributed by atoms with Crippen LogP contribution in [0.1, 0.15) is 21.5 Å². The molecule has 18 heavy (non-hydrogen) atoms. The summed E-state index contributed by atoms with van der Waals surface area (Å²) in [6.45, 7) is 2.07. The van der Waals surface area contributed by atoms with Crippen LogP contribution >= 0.6 is 27.5 Å². The molecule has 0 N–H and O–H groups in total. The highest BCUT2D eigenvalue weighted by Crippen LogP contribution is 2.37. The van der Waals surface area contributed by atoms with Gasteiger partial charge < -0.3 is 4.74 Å². The number of alkyl halides is 1. The largest absolute Gasteiger partial charge is 0.497 e. The summed E-state index contributed by atoms with van der Waals surface area (Å²) < 4.78 is 5.22. The zero-order chi connectivity index (χ0) is 13.1. The van der Waals surface area contributed by atoms with Gasteiger partial charge in [-0.25, -0.2) is 0 Å². The van der Waals surface area contributed by atoms with Crippen molar-refractivity contribution in [2.45, 2.75) is 11.8 Å². The Labute approximate surface area is 121 Å². The quantitative estimate of drug-likeness (QED) is 0.710. The van der Waals surface area contributed by atoms with Gasteiger partial charge in [0.25, 0.3) is 0 Å². The van der Waals surface area contributed by atoms with Crippen LogP contribution in [0.25, 0.3) is 0 Å². The molecule has 1 nitrogen and oxygen atoms in total. The van der Waals surface area contributed by atoms with Crippen LogP contribution in [-0.2, 0) is 0 Å². The summed E-state index contributed by atoms with van der Waals surface area (Å²) in [5, 5.41) is 0.773. The van der Waals surface area contributed by atoms with Gasteiger partial charge in [0.2, 0.25) is 0 Å². The van der Waals surface area contributed by atoms with E-state index in [1.165, 1.54) is 11.1 Å². The van der Waals surface area contributed by atoms with Crippen molar-refractivity contribution in [3.05, 3.63) is 64.2 Å². The Bertz CT molecular complexity index is 554.